The number of nitrogens with zero attached hydrogens (tertiary/aromatic N) is 3. The van der Waals surface area contributed by atoms with Gasteiger partial charge in [0.1, 0.15) is 24.0 Å². The first kappa shape index (κ1) is 20.8. The fourth-order valence-corrected chi connectivity index (χ4v) is 5.39. The number of anilines is 1. The number of nitrogens with one attached hydrogen (secondary N) is 1. The largest absolute Gasteiger partial charge is 0.483 e. The van der Waals surface area contributed by atoms with Crippen molar-refractivity contribution in [2.75, 3.05) is 18.1 Å². The van der Waals surface area contributed by atoms with Crippen LogP contribution in [0.4, 0.5) is 10.5 Å². The Morgan fingerprint density at radius 1 is 1.31 bits per heavy atom. The van der Waals surface area contributed by atoms with Gasteiger partial charge < -0.3 is 14.4 Å². The minimum Gasteiger partial charge on any atom is -0.483 e. The van der Waals surface area contributed by atoms with Crippen molar-refractivity contribution < 1.29 is 19.1 Å². The number of allylic oxidation sites excluding steroid dienone is 1. The SMILES string of the molecule is CC1=C2N(C(=O)OC(C)(C)C)CC2(C)[C@H](C)c2cc3c(cc21)OCC1=NNC(=O)[C@@H](C)N13. The highest BCUT2D eigenvalue weighted by molar-refractivity contribution is 6.09. The van der Waals surface area contributed by atoms with E-state index in [1.54, 1.807) is 4.90 Å². The van der Waals surface area contributed by atoms with Crippen LogP contribution in [0.25, 0.3) is 5.57 Å². The number of amidine groups is 1. The van der Waals surface area contributed by atoms with Crippen molar-refractivity contribution >= 4 is 29.1 Å². The zero-order valence-electron chi connectivity index (χ0n) is 19.7. The van der Waals surface area contributed by atoms with Crippen LogP contribution in [-0.2, 0) is 9.53 Å². The first-order valence-electron chi connectivity index (χ1n) is 11.1. The van der Waals surface area contributed by atoms with Gasteiger partial charge in [0.2, 0.25) is 0 Å². The number of hydrogen-bond acceptors (Lipinski definition) is 6. The van der Waals surface area contributed by atoms with Crippen LogP contribution in [0.5, 0.6) is 5.75 Å². The van der Waals surface area contributed by atoms with E-state index in [9.17, 15) is 9.59 Å². The van der Waals surface area contributed by atoms with Crippen LogP contribution in [0.15, 0.2) is 22.9 Å². The van der Waals surface area contributed by atoms with Crippen molar-refractivity contribution in [3.05, 3.63) is 29.0 Å². The molecule has 8 heteroatoms. The van der Waals surface area contributed by atoms with E-state index < -0.39 is 5.60 Å². The fraction of sp³-hybridized carbons (Fsp3) is 0.542. The number of benzene rings is 1. The molecule has 0 spiro atoms. The van der Waals surface area contributed by atoms with Gasteiger partial charge in [-0.25, -0.2) is 10.2 Å². The number of amides is 2. The molecule has 5 rings (SSSR count). The molecule has 1 unspecified atom stereocenters. The average molecular weight is 439 g/mol. The van der Waals surface area contributed by atoms with Crippen LogP contribution < -0.4 is 15.1 Å². The summed E-state index contributed by atoms with van der Waals surface area (Å²) in [6.07, 6.45) is -0.303. The number of likely N-dealkylation sites (tertiary alicyclic amines) is 1. The predicted octanol–water partition coefficient (Wildman–Crippen LogP) is 3.82. The van der Waals surface area contributed by atoms with Gasteiger partial charge in [-0.2, -0.15) is 5.10 Å². The molecule has 1 aromatic carbocycles. The Hall–Kier alpha value is -3.03. The Balaban J connectivity index is 1.60. The summed E-state index contributed by atoms with van der Waals surface area (Å²) < 4.78 is 11.7. The van der Waals surface area contributed by atoms with Crippen LogP contribution >= 0.6 is 0 Å². The second-order valence-electron chi connectivity index (χ2n) is 10.4. The lowest BCUT2D eigenvalue weighted by atomic mass is 9.60. The van der Waals surface area contributed by atoms with Crippen LogP contribution in [0.3, 0.4) is 0 Å². The lowest BCUT2D eigenvalue weighted by molar-refractivity contribution is -0.122. The van der Waals surface area contributed by atoms with Crippen molar-refractivity contribution in [3.63, 3.8) is 0 Å². The molecule has 3 atom stereocenters. The molecule has 1 fully saturated rings. The fourth-order valence-electron chi connectivity index (χ4n) is 5.39. The summed E-state index contributed by atoms with van der Waals surface area (Å²) in [5.41, 5.74) is 7.08. The molecule has 2 amide bonds. The van der Waals surface area contributed by atoms with Crippen LogP contribution in [-0.4, -0.2) is 47.5 Å². The van der Waals surface area contributed by atoms with E-state index in [0.717, 1.165) is 28.3 Å². The van der Waals surface area contributed by atoms with E-state index in [1.165, 1.54) is 5.56 Å². The van der Waals surface area contributed by atoms with Gasteiger partial charge in [0.15, 0.2) is 5.84 Å². The molecule has 170 valence electrons. The summed E-state index contributed by atoms with van der Waals surface area (Å²) in [4.78, 5) is 28.8. The maximum Gasteiger partial charge on any atom is 0.414 e. The molecule has 0 bridgehead atoms. The Labute approximate surface area is 188 Å². The van der Waals surface area contributed by atoms with Crippen molar-refractivity contribution in [1.82, 2.24) is 10.3 Å². The summed E-state index contributed by atoms with van der Waals surface area (Å²) in [7, 11) is 0. The van der Waals surface area contributed by atoms with Crippen LogP contribution in [0, 0.1) is 5.41 Å². The summed E-state index contributed by atoms with van der Waals surface area (Å²) in [6.45, 7) is 14.9. The Morgan fingerprint density at radius 3 is 2.72 bits per heavy atom. The van der Waals surface area contributed by atoms with Crippen molar-refractivity contribution in [2.24, 2.45) is 10.5 Å². The highest BCUT2D eigenvalue weighted by Crippen LogP contribution is 2.59. The highest BCUT2D eigenvalue weighted by Gasteiger charge is 2.55. The second-order valence-corrected chi connectivity index (χ2v) is 10.4. The normalized spacial score (nSPS) is 28.3. The molecule has 1 aliphatic carbocycles. The van der Waals surface area contributed by atoms with E-state index in [1.807, 2.05) is 38.7 Å². The number of carbonyl (C=O) groups is 2. The predicted molar refractivity (Wildman–Crippen MR) is 122 cm³/mol. The lowest BCUT2D eigenvalue weighted by Crippen LogP contribution is -2.59. The molecule has 1 N–H and O–H groups in total. The molecular formula is C24H30N4O4. The van der Waals surface area contributed by atoms with Gasteiger partial charge in [-0.1, -0.05) is 13.8 Å². The van der Waals surface area contributed by atoms with Crippen LogP contribution in [0.2, 0.25) is 0 Å². The molecule has 8 nitrogen and oxygen atoms in total. The van der Waals surface area contributed by atoms with Gasteiger partial charge in [-0.3, -0.25) is 9.69 Å². The smallest absolute Gasteiger partial charge is 0.414 e. The molecule has 0 aromatic heterocycles. The van der Waals surface area contributed by atoms with E-state index in [4.69, 9.17) is 9.47 Å². The Kier molecular flexibility index (Phi) is 4.23. The van der Waals surface area contributed by atoms with Crippen LogP contribution in [0.1, 0.15) is 65.5 Å². The summed E-state index contributed by atoms with van der Waals surface area (Å²) in [6, 6.07) is 3.82. The van der Waals surface area contributed by atoms with E-state index in [-0.39, 0.29) is 29.4 Å². The lowest BCUT2D eigenvalue weighted by Gasteiger charge is -2.57. The van der Waals surface area contributed by atoms with E-state index in [0.29, 0.717) is 19.0 Å². The molecule has 32 heavy (non-hydrogen) atoms. The number of rotatable bonds is 0. The Morgan fingerprint density at radius 2 is 2.03 bits per heavy atom. The highest BCUT2D eigenvalue weighted by atomic mass is 16.6. The maximum atomic E-state index is 12.8. The topological polar surface area (TPSA) is 83.5 Å². The standard InChI is InChI=1S/C24H30N4O4/c1-12-15-9-18-17(28-14(3)21(29)26-25-19(28)10-31-18)8-16(15)13(2)24(7)11-27(20(12)24)22(30)32-23(4,5)6/h8-9,13-14H,10-11H2,1-7H3,(H,26,29)/t13-,14-,24?/m1/s1. The van der Waals surface area contributed by atoms with Gasteiger partial charge in [0, 0.05) is 17.7 Å². The van der Waals surface area contributed by atoms with Gasteiger partial charge in [-0.05, 0) is 69.4 Å². The second kappa shape index (κ2) is 6.49. The van der Waals surface area contributed by atoms with Gasteiger partial charge in [0.05, 0.1) is 5.69 Å². The first-order chi connectivity index (χ1) is 14.9. The minimum atomic E-state index is -0.542. The molecule has 1 aromatic rings. The van der Waals surface area contributed by atoms with E-state index >= 15 is 0 Å². The summed E-state index contributed by atoms with van der Waals surface area (Å²) >= 11 is 0. The van der Waals surface area contributed by atoms with Gasteiger partial charge >= 0.3 is 6.09 Å². The monoisotopic (exact) mass is 438 g/mol. The maximum absolute atomic E-state index is 12.8. The third kappa shape index (κ3) is 2.77. The third-order valence-corrected chi connectivity index (χ3v) is 7.18. The molecule has 3 heterocycles. The van der Waals surface area contributed by atoms with Crippen molar-refractivity contribution in [3.8, 4) is 5.75 Å². The number of hydrazone groups is 1. The molecule has 4 aliphatic rings. The molecule has 3 aliphatic heterocycles. The quantitative estimate of drug-likeness (QED) is 0.666. The minimum absolute atomic E-state index is 0.135. The zero-order chi connectivity index (χ0) is 23.2. The zero-order valence-corrected chi connectivity index (χ0v) is 19.7. The van der Waals surface area contributed by atoms with Gasteiger partial charge in [0.25, 0.3) is 5.91 Å². The van der Waals surface area contributed by atoms with E-state index in [2.05, 4.69) is 37.4 Å². The summed E-state index contributed by atoms with van der Waals surface area (Å²) in [5, 5.41) is 4.19. The first-order valence-corrected chi connectivity index (χ1v) is 11.1. The van der Waals surface area contributed by atoms with Crippen molar-refractivity contribution in [1.29, 1.82) is 0 Å². The molecule has 0 radical (unpaired) electrons. The number of ether oxygens (including phenoxy) is 2. The number of fused-ring (bicyclic) bond motifs is 5. The van der Waals surface area contributed by atoms with Gasteiger partial charge in [-0.15, -0.1) is 0 Å². The molecule has 1 saturated heterocycles. The number of hydrogen-bond donors (Lipinski definition) is 1. The molecule has 0 saturated carbocycles. The van der Waals surface area contributed by atoms with Crippen molar-refractivity contribution in [2.45, 2.75) is 66.0 Å². The number of carbonyl (C=O) groups excluding carboxylic acids is 2. The molecular weight excluding hydrogens is 408 g/mol. The Bertz CT molecular complexity index is 1120. The third-order valence-electron chi connectivity index (χ3n) is 7.18. The average Bonchev–Trinajstić information content (AvgIpc) is 2.70. The summed E-state index contributed by atoms with van der Waals surface area (Å²) in [5.74, 6) is 1.47.